The predicted octanol–water partition coefficient (Wildman–Crippen LogP) is 3.25. The summed E-state index contributed by atoms with van der Waals surface area (Å²) in [6.45, 7) is 1.55. The van der Waals surface area contributed by atoms with Crippen LogP contribution in [0.25, 0.3) is 0 Å². The van der Waals surface area contributed by atoms with E-state index in [1.165, 1.54) is 43.5 Å². The summed E-state index contributed by atoms with van der Waals surface area (Å²) in [4.78, 5) is 24.9. The molecule has 31 heavy (non-hydrogen) atoms. The number of carbonyl (C=O) groups excluding carboxylic acids is 2. The second-order valence-electron chi connectivity index (χ2n) is 6.27. The summed E-state index contributed by atoms with van der Waals surface area (Å²) < 4.78 is 44.5. The maximum absolute atomic E-state index is 14.7. The predicted molar refractivity (Wildman–Crippen MR) is 104 cm³/mol. The molecule has 0 unspecified atom stereocenters. The number of hydrogen-bond acceptors (Lipinski definition) is 7. The summed E-state index contributed by atoms with van der Waals surface area (Å²) in [5.74, 6) is -6.19. The van der Waals surface area contributed by atoms with Gasteiger partial charge in [-0.3, -0.25) is 4.79 Å². The van der Waals surface area contributed by atoms with Gasteiger partial charge in [-0.15, -0.1) is 10.2 Å². The highest BCUT2D eigenvalue weighted by Crippen LogP contribution is 2.35. The first-order valence-corrected chi connectivity index (χ1v) is 9.25. The van der Waals surface area contributed by atoms with Crippen molar-refractivity contribution < 1.29 is 32.3 Å². The molecule has 2 aromatic carbocycles. The number of aromatic nitrogens is 2. The lowest BCUT2D eigenvalue weighted by Gasteiger charge is -2.15. The van der Waals surface area contributed by atoms with E-state index in [-0.39, 0.29) is 17.7 Å². The van der Waals surface area contributed by atoms with Crippen molar-refractivity contribution in [2.45, 2.75) is 18.9 Å². The first-order chi connectivity index (χ1) is 14.9. The average Bonchev–Trinajstić information content (AvgIpc) is 3.29. The Morgan fingerprint density at radius 3 is 2.39 bits per heavy atom. The molecular weight excluding hydrogens is 412 g/mol. The summed E-state index contributed by atoms with van der Waals surface area (Å²) in [5, 5.41) is 9.32. The molecule has 0 bridgehead atoms. The summed E-state index contributed by atoms with van der Waals surface area (Å²) in [6.07, 6.45) is 0. The highest BCUT2D eigenvalue weighted by molar-refractivity contribution is 5.96. The molecule has 1 atom stereocenters. The van der Waals surface area contributed by atoms with Gasteiger partial charge in [0.25, 0.3) is 17.7 Å². The monoisotopic (exact) mass is 431 g/mol. The molecule has 0 radical (unpaired) electrons. The molecular formula is C21H19F2N3O5. The Hall–Kier alpha value is -3.82. The normalized spacial score (nSPS) is 12.1. The van der Waals surface area contributed by atoms with Crippen LogP contribution >= 0.6 is 0 Å². The van der Waals surface area contributed by atoms with Gasteiger partial charge in [-0.05, 0) is 31.2 Å². The van der Waals surface area contributed by atoms with Crippen LogP contribution in [0.1, 0.15) is 40.7 Å². The Labute approximate surface area is 176 Å². The van der Waals surface area contributed by atoms with E-state index in [0.29, 0.717) is 5.75 Å². The highest BCUT2D eigenvalue weighted by atomic mass is 19.3. The second-order valence-corrected chi connectivity index (χ2v) is 6.27. The zero-order valence-electron chi connectivity index (χ0n) is 16.7. The Morgan fingerprint density at radius 2 is 1.77 bits per heavy atom. The molecule has 8 nitrogen and oxygen atoms in total. The third-order valence-corrected chi connectivity index (χ3v) is 4.24. The van der Waals surface area contributed by atoms with Crippen molar-refractivity contribution in [3.8, 4) is 5.75 Å². The van der Waals surface area contributed by atoms with Gasteiger partial charge >= 0.3 is 11.9 Å². The number of hydrogen-bond donors (Lipinski definition) is 1. The molecule has 0 saturated heterocycles. The van der Waals surface area contributed by atoms with Crippen LogP contribution in [-0.4, -0.2) is 35.8 Å². The minimum absolute atomic E-state index is 0.00505. The van der Waals surface area contributed by atoms with Crippen molar-refractivity contribution in [1.82, 2.24) is 15.5 Å². The second kappa shape index (κ2) is 9.33. The number of nitrogens with one attached hydrogen (secondary N) is 1. The molecule has 3 aromatic rings. The third kappa shape index (κ3) is 4.85. The van der Waals surface area contributed by atoms with Crippen LogP contribution in [0.15, 0.2) is 59.0 Å². The minimum atomic E-state index is -3.59. The lowest BCUT2D eigenvalue weighted by atomic mass is 10.1. The number of benzene rings is 2. The molecule has 1 N–H and O–H groups in total. The van der Waals surface area contributed by atoms with Crippen molar-refractivity contribution in [2.24, 2.45) is 0 Å². The summed E-state index contributed by atoms with van der Waals surface area (Å²) in [5.41, 5.74) is -0.162. The fraction of sp³-hybridized carbons (Fsp3) is 0.238. The number of carbonyl (C=O) groups is 2. The lowest BCUT2D eigenvalue weighted by Crippen LogP contribution is -2.35. The largest absolute Gasteiger partial charge is 0.497 e. The zero-order valence-corrected chi connectivity index (χ0v) is 16.7. The van der Waals surface area contributed by atoms with Gasteiger partial charge in [-0.25, -0.2) is 4.79 Å². The van der Waals surface area contributed by atoms with Crippen LogP contribution < -0.4 is 10.1 Å². The van der Waals surface area contributed by atoms with Gasteiger partial charge < -0.3 is 19.2 Å². The molecule has 3 rings (SSSR count). The Kier molecular flexibility index (Phi) is 6.58. The number of alkyl halides is 2. The van der Waals surface area contributed by atoms with Gasteiger partial charge in [0, 0.05) is 11.1 Å². The number of rotatable bonds is 8. The number of nitrogens with zero attached hydrogens (tertiary/aromatic N) is 2. The van der Waals surface area contributed by atoms with Gasteiger partial charge in [-0.2, -0.15) is 8.78 Å². The molecule has 0 aliphatic carbocycles. The van der Waals surface area contributed by atoms with Crippen LogP contribution in [0.3, 0.4) is 0 Å². The SMILES string of the molecule is CCOC(=O)[C@@H](NC(=O)c1ccc(OC)cc1)c1nnc(C(F)(F)c2ccccc2)o1. The van der Waals surface area contributed by atoms with Crippen molar-refractivity contribution in [3.63, 3.8) is 0 Å². The van der Waals surface area contributed by atoms with E-state index in [4.69, 9.17) is 13.9 Å². The molecule has 0 spiro atoms. The fourth-order valence-corrected chi connectivity index (χ4v) is 2.65. The fourth-order valence-electron chi connectivity index (χ4n) is 2.65. The average molecular weight is 431 g/mol. The number of methoxy groups -OCH3 is 1. The van der Waals surface area contributed by atoms with Crippen LogP contribution in [0, 0.1) is 0 Å². The Morgan fingerprint density at radius 1 is 1.10 bits per heavy atom. The van der Waals surface area contributed by atoms with Gasteiger partial charge in [0.2, 0.25) is 6.04 Å². The van der Waals surface area contributed by atoms with E-state index in [0.717, 1.165) is 0 Å². The van der Waals surface area contributed by atoms with Crippen LogP contribution in [-0.2, 0) is 15.5 Å². The molecule has 1 aromatic heterocycles. The summed E-state index contributed by atoms with van der Waals surface area (Å²) in [7, 11) is 1.48. The zero-order chi connectivity index (χ0) is 22.4. The Balaban J connectivity index is 1.87. The van der Waals surface area contributed by atoms with E-state index in [1.807, 2.05) is 0 Å². The van der Waals surface area contributed by atoms with E-state index in [2.05, 4.69) is 15.5 Å². The van der Waals surface area contributed by atoms with Gasteiger partial charge in [-0.1, -0.05) is 30.3 Å². The smallest absolute Gasteiger partial charge is 0.349 e. The molecule has 0 fully saturated rings. The first kappa shape index (κ1) is 21.9. The van der Waals surface area contributed by atoms with Gasteiger partial charge in [0.15, 0.2) is 0 Å². The van der Waals surface area contributed by atoms with Crippen LogP contribution in [0.5, 0.6) is 5.75 Å². The van der Waals surface area contributed by atoms with E-state index in [1.54, 1.807) is 25.1 Å². The van der Waals surface area contributed by atoms with Gasteiger partial charge in [0.1, 0.15) is 5.75 Å². The van der Waals surface area contributed by atoms with Crippen LogP contribution in [0.4, 0.5) is 8.78 Å². The van der Waals surface area contributed by atoms with Crippen molar-refractivity contribution >= 4 is 11.9 Å². The van der Waals surface area contributed by atoms with E-state index >= 15 is 0 Å². The topological polar surface area (TPSA) is 104 Å². The quantitative estimate of drug-likeness (QED) is 0.546. The number of amides is 1. The van der Waals surface area contributed by atoms with Gasteiger partial charge in [0.05, 0.1) is 13.7 Å². The van der Waals surface area contributed by atoms with E-state index < -0.39 is 35.6 Å². The standard InChI is InChI=1S/C21H19F2N3O5/c1-3-30-19(28)16(24-17(27)13-9-11-15(29-2)12-10-13)18-25-26-20(31-18)21(22,23)14-7-5-4-6-8-14/h4-12,16H,3H2,1-2H3,(H,24,27)/t16-/m0/s1. The van der Waals surface area contributed by atoms with Crippen molar-refractivity contribution in [2.75, 3.05) is 13.7 Å². The minimum Gasteiger partial charge on any atom is -0.497 e. The van der Waals surface area contributed by atoms with Crippen LogP contribution in [0.2, 0.25) is 0 Å². The third-order valence-electron chi connectivity index (χ3n) is 4.24. The van der Waals surface area contributed by atoms with Crippen molar-refractivity contribution in [1.29, 1.82) is 0 Å². The molecule has 1 amide bonds. The molecule has 1 heterocycles. The molecule has 0 saturated carbocycles. The molecule has 162 valence electrons. The number of ether oxygens (including phenoxy) is 2. The molecule has 0 aliphatic heterocycles. The maximum atomic E-state index is 14.7. The van der Waals surface area contributed by atoms with E-state index in [9.17, 15) is 18.4 Å². The van der Waals surface area contributed by atoms with Crippen molar-refractivity contribution in [3.05, 3.63) is 77.5 Å². The summed E-state index contributed by atoms with van der Waals surface area (Å²) >= 11 is 0. The Bertz CT molecular complexity index is 1040. The lowest BCUT2D eigenvalue weighted by molar-refractivity contribution is -0.146. The molecule has 0 aliphatic rings. The first-order valence-electron chi connectivity index (χ1n) is 9.25. The highest BCUT2D eigenvalue weighted by Gasteiger charge is 2.42. The summed E-state index contributed by atoms with van der Waals surface area (Å²) in [6, 6.07) is 11.4. The number of esters is 1. The maximum Gasteiger partial charge on any atom is 0.349 e. The molecule has 10 heteroatoms. The number of halogens is 2.